The summed E-state index contributed by atoms with van der Waals surface area (Å²) in [6.45, 7) is 10.6. The third-order valence-corrected chi connectivity index (χ3v) is 6.57. The summed E-state index contributed by atoms with van der Waals surface area (Å²) in [5.74, 6) is 0.984. The van der Waals surface area contributed by atoms with Crippen LogP contribution in [0, 0.1) is 5.92 Å². The van der Waals surface area contributed by atoms with E-state index >= 15 is 0 Å². The van der Waals surface area contributed by atoms with Crippen molar-refractivity contribution in [2.24, 2.45) is 17.4 Å². The van der Waals surface area contributed by atoms with Crippen LogP contribution >= 0.6 is 0 Å². The Labute approximate surface area is 235 Å². The number of ether oxygens (including phenoxy) is 3. The number of hydrogen-bond acceptors (Lipinski definition) is 9. The molecule has 1 aromatic heterocycles. The summed E-state index contributed by atoms with van der Waals surface area (Å²) in [7, 11) is 1.49. The number of nitrogens with two attached hydrogens (primary N) is 2. The molecule has 0 aliphatic carbocycles. The zero-order valence-electron chi connectivity index (χ0n) is 24.3. The molecule has 1 heterocycles. The van der Waals surface area contributed by atoms with Crippen molar-refractivity contribution in [3.8, 4) is 23.0 Å². The van der Waals surface area contributed by atoms with Crippen molar-refractivity contribution in [1.82, 2.24) is 0 Å². The lowest BCUT2D eigenvalue weighted by atomic mass is 9.98. The van der Waals surface area contributed by atoms with Crippen LogP contribution in [0.1, 0.15) is 45.7 Å². The van der Waals surface area contributed by atoms with Gasteiger partial charge in [0.1, 0.15) is 40.8 Å². The van der Waals surface area contributed by atoms with E-state index in [1.165, 1.54) is 7.11 Å². The SMILES string of the molecule is COc1c(OCC(O)CN)cc2oc3cc(OCC(C)CN)c(CC=C(C)C)c(O)c3c(=O)c2c1CC=C(C)C. The molecule has 0 bridgehead atoms. The van der Waals surface area contributed by atoms with E-state index in [2.05, 4.69) is 0 Å². The van der Waals surface area contributed by atoms with Crippen molar-refractivity contribution in [3.05, 3.63) is 56.8 Å². The number of benzene rings is 2. The van der Waals surface area contributed by atoms with Gasteiger partial charge in [-0.2, -0.15) is 0 Å². The number of aliphatic hydroxyl groups excluding tert-OH is 1. The lowest BCUT2D eigenvalue weighted by Crippen LogP contribution is -2.26. The summed E-state index contributed by atoms with van der Waals surface area (Å²) in [5, 5.41) is 21.8. The fourth-order valence-corrected chi connectivity index (χ4v) is 4.22. The molecule has 2 aromatic carbocycles. The highest BCUT2D eigenvalue weighted by atomic mass is 16.5. The maximum Gasteiger partial charge on any atom is 0.204 e. The van der Waals surface area contributed by atoms with E-state index in [9.17, 15) is 15.0 Å². The van der Waals surface area contributed by atoms with Crippen LogP contribution in [0.4, 0.5) is 0 Å². The topological polar surface area (TPSA) is 150 Å². The quantitative estimate of drug-likeness (QED) is 0.179. The van der Waals surface area contributed by atoms with Gasteiger partial charge in [0.2, 0.25) is 5.43 Å². The summed E-state index contributed by atoms with van der Waals surface area (Å²) in [6.07, 6.45) is 3.79. The molecule has 0 aliphatic heterocycles. The van der Waals surface area contributed by atoms with Crippen molar-refractivity contribution in [3.63, 3.8) is 0 Å². The number of methoxy groups -OCH3 is 1. The average Bonchev–Trinajstić information content (AvgIpc) is 2.91. The second kappa shape index (κ2) is 13.7. The molecule has 0 spiro atoms. The van der Waals surface area contributed by atoms with Crippen LogP contribution in [0.2, 0.25) is 0 Å². The molecule has 2 atom stereocenters. The van der Waals surface area contributed by atoms with Gasteiger partial charge < -0.3 is 40.3 Å². The molecule has 0 saturated heterocycles. The highest BCUT2D eigenvalue weighted by Crippen LogP contribution is 2.41. The first kappa shape index (κ1) is 31.0. The van der Waals surface area contributed by atoms with Crippen LogP contribution < -0.4 is 31.1 Å². The van der Waals surface area contributed by atoms with Gasteiger partial charge in [-0.1, -0.05) is 30.2 Å². The maximum absolute atomic E-state index is 14.1. The number of hydrogen-bond donors (Lipinski definition) is 4. The smallest absolute Gasteiger partial charge is 0.204 e. The van der Waals surface area contributed by atoms with Gasteiger partial charge in [-0.15, -0.1) is 0 Å². The fourth-order valence-electron chi connectivity index (χ4n) is 4.22. The standard InChI is InChI=1S/C31H42N2O7/c1-17(2)7-9-21-23(38-15-19(5)13-32)11-25-28(29(21)35)30(36)27-22(10-8-18(3)4)31(37-6)26(12-24(27)40-25)39-16-20(34)14-33/h7-8,11-12,19-20,34-35H,9-10,13-16,32-33H2,1-6H3. The molecular formula is C31H42N2O7. The van der Waals surface area contributed by atoms with Gasteiger partial charge in [-0.25, -0.2) is 0 Å². The second-order valence-corrected chi connectivity index (χ2v) is 10.6. The van der Waals surface area contributed by atoms with Crippen LogP contribution in [0.25, 0.3) is 21.9 Å². The molecule has 0 aliphatic rings. The number of aliphatic hydroxyl groups is 1. The minimum atomic E-state index is -0.878. The molecule has 218 valence electrons. The molecule has 0 amide bonds. The molecular weight excluding hydrogens is 512 g/mol. The van der Waals surface area contributed by atoms with Gasteiger partial charge in [0.05, 0.1) is 19.1 Å². The summed E-state index contributed by atoms with van der Waals surface area (Å²) in [6, 6.07) is 3.21. The molecule has 9 heteroatoms. The largest absolute Gasteiger partial charge is 0.507 e. The van der Waals surface area contributed by atoms with Crippen molar-refractivity contribution in [2.45, 2.75) is 53.6 Å². The third-order valence-electron chi connectivity index (χ3n) is 6.57. The maximum atomic E-state index is 14.1. The molecule has 0 saturated carbocycles. The Morgan fingerprint density at radius 2 is 1.50 bits per heavy atom. The number of aromatic hydroxyl groups is 1. The molecule has 3 aromatic rings. The van der Waals surface area contributed by atoms with Gasteiger partial charge in [0.15, 0.2) is 11.5 Å². The first-order valence-corrected chi connectivity index (χ1v) is 13.5. The summed E-state index contributed by atoms with van der Waals surface area (Å²) < 4.78 is 23.9. The number of fused-ring (bicyclic) bond motifs is 2. The van der Waals surface area contributed by atoms with E-state index in [4.69, 9.17) is 30.1 Å². The van der Waals surface area contributed by atoms with E-state index < -0.39 is 11.5 Å². The van der Waals surface area contributed by atoms with E-state index in [0.29, 0.717) is 54.4 Å². The van der Waals surface area contributed by atoms with Gasteiger partial charge >= 0.3 is 0 Å². The van der Waals surface area contributed by atoms with Crippen molar-refractivity contribution in [2.75, 3.05) is 33.4 Å². The first-order valence-electron chi connectivity index (χ1n) is 13.5. The summed E-state index contributed by atoms with van der Waals surface area (Å²) in [5.41, 5.74) is 14.5. The monoisotopic (exact) mass is 554 g/mol. The lowest BCUT2D eigenvalue weighted by Gasteiger charge is -2.19. The Morgan fingerprint density at radius 1 is 0.925 bits per heavy atom. The predicted molar refractivity (Wildman–Crippen MR) is 159 cm³/mol. The average molecular weight is 555 g/mol. The van der Waals surface area contributed by atoms with E-state index in [1.54, 1.807) is 12.1 Å². The van der Waals surface area contributed by atoms with Crippen LogP contribution in [-0.4, -0.2) is 49.7 Å². The predicted octanol–water partition coefficient (Wildman–Crippen LogP) is 4.35. The molecule has 9 nitrogen and oxygen atoms in total. The van der Waals surface area contributed by atoms with Crippen molar-refractivity contribution < 1.29 is 28.8 Å². The Morgan fingerprint density at radius 3 is 2.08 bits per heavy atom. The number of phenols is 1. The van der Waals surface area contributed by atoms with Crippen LogP contribution in [0.15, 0.2) is 44.6 Å². The minimum absolute atomic E-state index is 0.0279. The molecule has 0 fully saturated rings. The Kier molecular flexibility index (Phi) is 10.6. The van der Waals surface area contributed by atoms with Crippen LogP contribution in [-0.2, 0) is 12.8 Å². The van der Waals surface area contributed by atoms with Gasteiger partial charge in [-0.05, 0) is 47.1 Å². The van der Waals surface area contributed by atoms with Crippen LogP contribution in [0.3, 0.4) is 0 Å². The molecule has 6 N–H and O–H groups in total. The molecule has 3 rings (SSSR count). The summed E-state index contributed by atoms with van der Waals surface area (Å²) >= 11 is 0. The van der Waals surface area contributed by atoms with E-state index in [-0.39, 0.29) is 46.8 Å². The first-order chi connectivity index (χ1) is 19.0. The fraction of sp³-hybridized carbons (Fsp3) is 0.452. The van der Waals surface area contributed by atoms with Crippen molar-refractivity contribution >= 4 is 21.9 Å². The zero-order valence-corrected chi connectivity index (χ0v) is 24.3. The third kappa shape index (κ3) is 6.96. The van der Waals surface area contributed by atoms with Crippen LogP contribution in [0.5, 0.6) is 23.0 Å². The normalized spacial score (nSPS) is 12.7. The highest BCUT2D eigenvalue weighted by molar-refractivity contribution is 5.98. The Balaban J connectivity index is 2.38. The van der Waals surface area contributed by atoms with E-state index in [1.807, 2.05) is 46.8 Å². The van der Waals surface area contributed by atoms with Gasteiger partial charge in [-0.3, -0.25) is 4.79 Å². The van der Waals surface area contributed by atoms with Gasteiger partial charge in [0.25, 0.3) is 0 Å². The number of rotatable bonds is 13. The molecule has 2 unspecified atom stereocenters. The Bertz CT molecular complexity index is 1460. The minimum Gasteiger partial charge on any atom is -0.507 e. The Hall–Kier alpha value is -3.53. The second-order valence-electron chi connectivity index (χ2n) is 10.6. The molecule has 0 radical (unpaired) electrons. The highest BCUT2D eigenvalue weighted by Gasteiger charge is 2.24. The number of allylic oxidation sites excluding steroid dienone is 4. The van der Waals surface area contributed by atoms with Gasteiger partial charge in [0, 0.05) is 35.7 Å². The molecule has 40 heavy (non-hydrogen) atoms. The zero-order chi connectivity index (χ0) is 29.6. The van der Waals surface area contributed by atoms with Crippen molar-refractivity contribution in [1.29, 1.82) is 0 Å². The lowest BCUT2D eigenvalue weighted by molar-refractivity contribution is 0.112. The summed E-state index contributed by atoms with van der Waals surface area (Å²) in [4.78, 5) is 14.1. The van der Waals surface area contributed by atoms with E-state index in [0.717, 1.165) is 11.1 Å². The number of phenolic OH excluding ortho intramolecular Hbond substituents is 1.